The van der Waals surface area contributed by atoms with Crippen molar-refractivity contribution in [3.8, 4) is 0 Å². The molecule has 1 aromatic carbocycles. The smallest absolute Gasteiger partial charge is 0.333 e. The zero-order valence-electron chi connectivity index (χ0n) is 9.45. The molecule has 106 valence electrons. The Balaban J connectivity index is 0.000000200. The highest BCUT2D eigenvalue weighted by molar-refractivity contribution is 7.83. The van der Waals surface area contributed by atoms with E-state index in [0.717, 1.165) is 0 Å². The maximum Gasteiger partial charge on any atom is 0.333 e. The van der Waals surface area contributed by atoms with Gasteiger partial charge in [-0.15, -0.1) is 0 Å². The standard InChI is InChI=1S/C6H4Cl2.C4H7NO5S/c7-5-3-1-2-4-6(5)8;6-4(7)2-1-3(2)5-11(8,9)10/h1-4H;2-3,5H,1H2,(H,6,7)(H,8,9,10). The summed E-state index contributed by atoms with van der Waals surface area (Å²) in [5.41, 5.74) is 0. The van der Waals surface area contributed by atoms with Crippen LogP contribution in [-0.4, -0.2) is 30.1 Å². The largest absolute Gasteiger partial charge is 0.481 e. The number of hydrogen-bond acceptors (Lipinski definition) is 3. The first-order chi connectivity index (χ1) is 8.70. The molecule has 0 bridgehead atoms. The minimum Gasteiger partial charge on any atom is -0.481 e. The second-order valence-electron chi connectivity index (χ2n) is 3.79. The van der Waals surface area contributed by atoms with Crippen LogP contribution in [0.5, 0.6) is 0 Å². The van der Waals surface area contributed by atoms with Gasteiger partial charge in [0.05, 0.1) is 16.0 Å². The van der Waals surface area contributed by atoms with Crippen molar-refractivity contribution < 1.29 is 22.9 Å². The van der Waals surface area contributed by atoms with Gasteiger partial charge >= 0.3 is 16.3 Å². The molecular formula is C10H11Cl2NO5S. The Hall–Kier alpha value is -0.860. The van der Waals surface area contributed by atoms with Gasteiger partial charge in [0.2, 0.25) is 0 Å². The molecule has 1 aromatic rings. The topological polar surface area (TPSA) is 104 Å². The summed E-state index contributed by atoms with van der Waals surface area (Å²) in [4.78, 5) is 10.1. The molecule has 0 spiro atoms. The molecule has 2 unspecified atom stereocenters. The highest BCUT2D eigenvalue weighted by Gasteiger charge is 2.45. The van der Waals surface area contributed by atoms with Crippen LogP contribution in [0, 0.1) is 5.92 Å². The van der Waals surface area contributed by atoms with Gasteiger partial charge in [-0.1, -0.05) is 35.3 Å². The van der Waals surface area contributed by atoms with Crippen molar-refractivity contribution in [2.75, 3.05) is 0 Å². The molecule has 0 aliphatic heterocycles. The molecule has 3 N–H and O–H groups in total. The average molecular weight is 328 g/mol. The molecule has 2 atom stereocenters. The minimum atomic E-state index is -4.24. The summed E-state index contributed by atoms with van der Waals surface area (Å²) in [5.74, 6) is -1.73. The van der Waals surface area contributed by atoms with Gasteiger partial charge in [0.25, 0.3) is 0 Å². The van der Waals surface area contributed by atoms with Gasteiger partial charge < -0.3 is 5.11 Å². The average Bonchev–Trinajstić information content (AvgIpc) is 3.00. The molecule has 0 heterocycles. The van der Waals surface area contributed by atoms with Gasteiger partial charge in [-0.2, -0.15) is 13.1 Å². The van der Waals surface area contributed by atoms with E-state index in [-0.39, 0.29) is 6.42 Å². The fraction of sp³-hybridized carbons (Fsp3) is 0.300. The van der Waals surface area contributed by atoms with Gasteiger partial charge in [-0.25, -0.2) is 0 Å². The van der Waals surface area contributed by atoms with E-state index in [2.05, 4.69) is 0 Å². The molecule has 1 saturated carbocycles. The summed E-state index contributed by atoms with van der Waals surface area (Å²) < 4.78 is 30.2. The lowest BCUT2D eigenvalue weighted by atomic mass is 10.4. The maximum atomic E-state index is 10.1. The van der Waals surface area contributed by atoms with Gasteiger partial charge in [0, 0.05) is 6.04 Å². The summed E-state index contributed by atoms with van der Waals surface area (Å²) >= 11 is 11.2. The van der Waals surface area contributed by atoms with Crippen molar-refractivity contribution in [1.29, 1.82) is 0 Å². The van der Waals surface area contributed by atoms with E-state index in [4.69, 9.17) is 32.9 Å². The van der Waals surface area contributed by atoms with E-state index < -0.39 is 28.2 Å². The van der Waals surface area contributed by atoms with Crippen LogP contribution in [0.1, 0.15) is 6.42 Å². The molecule has 9 heteroatoms. The van der Waals surface area contributed by atoms with Crippen LogP contribution in [-0.2, 0) is 15.1 Å². The fourth-order valence-corrected chi connectivity index (χ4v) is 2.14. The highest BCUT2D eigenvalue weighted by Crippen LogP contribution is 2.30. The maximum absolute atomic E-state index is 10.1. The molecule has 1 aliphatic rings. The van der Waals surface area contributed by atoms with Crippen LogP contribution in [0.3, 0.4) is 0 Å². The van der Waals surface area contributed by atoms with Crippen molar-refractivity contribution in [1.82, 2.24) is 4.72 Å². The quantitative estimate of drug-likeness (QED) is 0.735. The second kappa shape index (κ2) is 6.53. The number of benzene rings is 1. The van der Waals surface area contributed by atoms with Crippen molar-refractivity contribution >= 4 is 39.5 Å². The lowest BCUT2D eigenvalue weighted by Crippen LogP contribution is -2.27. The Morgan fingerprint density at radius 2 is 1.74 bits per heavy atom. The van der Waals surface area contributed by atoms with E-state index in [9.17, 15) is 13.2 Å². The Morgan fingerprint density at radius 3 is 2.00 bits per heavy atom. The van der Waals surface area contributed by atoms with E-state index in [1.165, 1.54) is 0 Å². The fourth-order valence-electron chi connectivity index (χ4n) is 1.23. The molecular weight excluding hydrogens is 317 g/mol. The van der Waals surface area contributed by atoms with Gasteiger partial charge in [-0.05, 0) is 18.6 Å². The number of aliphatic carboxylic acids is 1. The van der Waals surface area contributed by atoms with Gasteiger partial charge in [0.15, 0.2) is 0 Å². The number of carboxylic acid groups (broad SMARTS) is 1. The second-order valence-corrected chi connectivity index (χ2v) is 5.79. The minimum absolute atomic E-state index is 0.245. The third-order valence-electron chi connectivity index (χ3n) is 2.23. The number of hydrogen-bond donors (Lipinski definition) is 3. The van der Waals surface area contributed by atoms with Gasteiger partial charge in [-0.3, -0.25) is 9.35 Å². The van der Waals surface area contributed by atoms with E-state index in [0.29, 0.717) is 10.0 Å². The van der Waals surface area contributed by atoms with Crippen molar-refractivity contribution in [3.63, 3.8) is 0 Å². The van der Waals surface area contributed by atoms with Crippen molar-refractivity contribution in [2.24, 2.45) is 5.92 Å². The Kier molecular flexibility index (Phi) is 5.57. The number of carboxylic acids is 1. The predicted molar refractivity (Wildman–Crippen MR) is 70.7 cm³/mol. The summed E-state index contributed by atoms with van der Waals surface area (Å²) in [6.45, 7) is 0. The monoisotopic (exact) mass is 327 g/mol. The highest BCUT2D eigenvalue weighted by atomic mass is 35.5. The van der Waals surface area contributed by atoms with Crippen molar-refractivity contribution in [3.05, 3.63) is 34.3 Å². The number of halogens is 2. The summed E-state index contributed by atoms with van der Waals surface area (Å²) in [6.07, 6.45) is 0.245. The van der Waals surface area contributed by atoms with Crippen LogP contribution < -0.4 is 4.72 Å². The molecule has 0 saturated heterocycles. The molecule has 2 rings (SSSR count). The molecule has 19 heavy (non-hydrogen) atoms. The first-order valence-electron chi connectivity index (χ1n) is 5.08. The zero-order valence-corrected chi connectivity index (χ0v) is 11.8. The van der Waals surface area contributed by atoms with Crippen LogP contribution in [0.4, 0.5) is 0 Å². The third-order valence-corrected chi connectivity index (χ3v) is 3.59. The van der Waals surface area contributed by atoms with Crippen LogP contribution >= 0.6 is 23.2 Å². The van der Waals surface area contributed by atoms with E-state index >= 15 is 0 Å². The lowest BCUT2D eigenvalue weighted by molar-refractivity contribution is -0.138. The molecule has 0 radical (unpaired) electrons. The molecule has 1 aliphatic carbocycles. The summed E-state index contributed by atoms with van der Waals surface area (Å²) in [5, 5.41) is 9.52. The van der Waals surface area contributed by atoms with E-state index in [1.807, 2.05) is 12.1 Å². The Labute approximate surface area is 120 Å². The number of carbonyl (C=O) groups is 1. The molecule has 0 aromatic heterocycles. The Morgan fingerprint density at radius 1 is 1.26 bits per heavy atom. The SMILES string of the molecule is Clc1ccccc1Cl.O=C(O)C1CC1NS(=O)(=O)O. The zero-order chi connectivity index (χ0) is 14.6. The molecule has 1 fully saturated rings. The van der Waals surface area contributed by atoms with Crippen molar-refractivity contribution in [2.45, 2.75) is 12.5 Å². The molecule has 0 amide bonds. The first-order valence-corrected chi connectivity index (χ1v) is 7.28. The lowest BCUT2D eigenvalue weighted by Gasteiger charge is -1.95. The summed E-state index contributed by atoms with van der Waals surface area (Å²) in [6, 6.07) is 6.55. The van der Waals surface area contributed by atoms with Crippen LogP contribution in [0.25, 0.3) is 0 Å². The third kappa shape index (κ3) is 6.22. The van der Waals surface area contributed by atoms with Crippen LogP contribution in [0.2, 0.25) is 10.0 Å². The number of nitrogens with one attached hydrogen (secondary N) is 1. The van der Waals surface area contributed by atoms with Crippen LogP contribution in [0.15, 0.2) is 24.3 Å². The Bertz CT molecular complexity index is 542. The predicted octanol–water partition coefficient (Wildman–Crippen LogP) is 1.85. The number of rotatable bonds is 3. The van der Waals surface area contributed by atoms with Gasteiger partial charge in [0.1, 0.15) is 0 Å². The molecule has 6 nitrogen and oxygen atoms in total. The van der Waals surface area contributed by atoms with E-state index in [1.54, 1.807) is 16.9 Å². The normalized spacial score (nSPS) is 21.2. The first kappa shape index (κ1) is 16.2. The summed E-state index contributed by atoms with van der Waals surface area (Å²) in [7, 11) is -4.24.